The van der Waals surface area contributed by atoms with Gasteiger partial charge >= 0.3 is 46.9 Å². The number of phosphoric ester groups is 6. The van der Waals surface area contributed by atoms with Crippen LogP contribution in [0.3, 0.4) is 0 Å². The van der Waals surface area contributed by atoms with Crippen molar-refractivity contribution < 1.29 is 117 Å². The predicted octanol–water partition coefficient (Wildman–Crippen LogP) is 0.618. The van der Waals surface area contributed by atoms with Crippen molar-refractivity contribution >= 4 is 46.9 Å². The fraction of sp³-hybridized carbons (Fsp3) is 1.00. The molecule has 0 fully saturated rings. The highest BCUT2D eigenvalue weighted by atomic mass is 31.2. The lowest BCUT2D eigenvalue weighted by Gasteiger charge is -2.18. The molecule has 0 radical (unpaired) electrons. The minimum atomic E-state index is -4.83. The zero-order chi connectivity index (χ0) is 38.5. The van der Waals surface area contributed by atoms with Gasteiger partial charge in [-0.1, -0.05) is 6.92 Å². The van der Waals surface area contributed by atoms with Gasteiger partial charge in [0.25, 0.3) is 0 Å². The number of rotatable bonds is 33. The van der Waals surface area contributed by atoms with Gasteiger partial charge in [0, 0.05) is 25.0 Å². The summed E-state index contributed by atoms with van der Waals surface area (Å²) in [5.41, 5.74) is 0. The molecule has 302 valence electrons. The van der Waals surface area contributed by atoms with Gasteiger partial charge in [0.1, 0.15) is 0 Å². The van der Waals surface area contributed by atoms with Gasteiger partial charge < -0.3 is 44.7 Å². The van der Waals surface area contributed by atoms with Crippen LogP contribution in [0.25, 0.3) is 0 Å². The van der Waals surface area contributed by atoms with Crippen LogP contribution in [0.15, 0.2) is 0 Å². The highest BCUT2D eigenvalue weighted by Crippen LogP contribution is 2.48. The zero-order valence-electron chi connectivity index (χ0n) is 26.8. The summed E-state index contributed by atoms with van der Waals surface area (Å²) in [5.74, 6) is -1.18. The van der Waals surface area contributed by atoms with Gasteiger partial charge in [-0.25, -0.2) is 27.4 Å². The maximum absolute atomic E-state index is 11.9. The van der Waals surface area contributed by atoms with Gasteiger partial charge in [-0.05, 0) is 13.5 Å². The molecule has 32 heteroatoms. The highest BCUT2D eigenvalue weighted by molar-refractivity contribution is 7.48. The molecule has 0 aliphatic rings. The van der Waals surface area contributed by atoms with Crippen LogP contribution in [-0.4, -0.2) is 132 Å². The van der Waals surface area contributed by atoms with Crippen molar-refractivity contribution in [2.75, 3.05) is 92.9 Å². The van der Waals surface area contributed by atoms with E-state index < -0.39 is 125 Å². The lowest BCUT2D eigenvalue weighted by molar-refractivity contribution is 0.0721. The van der Waals surface area contributed by atoms with Gasteiger partial charge in [0.2, 0.25) is 0 Å². The van der Waals surface area contributed by atoms with E-state index in [4.69, 9.17) is 19.4 Å². The molecule has 0 amide bonds. The molecule has 0 heterocycles. The Morgan fingerprint density at radius 3 is 0.960 bits per heavy atom. The van der Waals surface area contributed by atoms with Crippen LogP contribution in [0.2, 0.25) is 0 Å². The second kappa shape index (κ2) is 24.9. The summed E-state index contributed by atoms with van der Waals surface area (Å²) in [7, 11) is -26.9. The number of aliphatic hydroxyl groups is 1. The largest absolute Gasteiger partial charge is 0.472 e. The molecule has 26 nitrogen and oxygen atoms in total. The molecule has 0 rings (SSSR count). The van der Waals surface area contributed by atoms with E-state index in [1.165, 1.54) is 0 Å². The lowest BCUT2D eigenvalue weighted by atomic mass is 10.1. The minimum Gasteiger partial charge on any atom is -0.396 e. The monoisotopic (exact) mass is 861 g/mol. The molecule has 0 aromatic heterocycles. The molecule has 7 atom stereocenters. The Morgan fingerprint density at radius 1 is 0.460 bits per heavy atom. The van der Waals surface area contributed by atoms with Crippen LogP contribution in [0.4, 0.5) is 0 Å². The van der Waals surface area contributed by atoms with Gasteiger partial charge in [-0.2, -0.15) is 0 Å². The molecule has 0 saturated heterocycles. The van der Waals surface area contributed by atoms with Crippen LogP contribution >= 0.6 is 46.9 Å². The second-order valence-corrected chi connectivity index (χ2v) is 17.8. The summed E-state index contributed by atoms with van der Waals surface area (Å²) in [5, 5.41) is 11.9. The Kier molecular flexibility index (Phi) is 25.2. The van der Waals surface area contributed by atoms with Gasteiger partial charge in [-0.15, -0.1) is 0 Å². The van der Waals surface area contributed by atoms with E-state index in [2.05, 4.69) is 50.6 Å². The summed E-state index contributed by atoms with van der Waals surface area (Å²) in [4.78, 5) is 65.5. The molecular weight excluding hydrogens is 816 g/mol. The second-order valence-electron chi connectivity index (χ2n) is 9.27. The predicted molar refractivity (Wildman–Crippen MR) is 165 cm³/mol. The van der Waals surface area contributed by atoms with E-state index in [9.17, 15) is 51.9 Å². The third kappa shape index (κ3) is 29.0. The van der Waals surface area contributed by atoms with Gasteiger partial charge in [0.05, 0.1) is 72.7 Å². The van der Waals surface area contributed by atoms with Gasteiger partial charge in [0.15, 0.2) is 0 Å². The van der Waals surface area contributed by atoms with Crippen LogP contribution in [0.1, 0.15) is 13.3 Å². The fourth-order valence-corrected chi connectivity index (χ4v) is 6.78. The summed E-state index contributed by atoms with van der Waals surface area (Å²) in [6.45, 7) is -5.84. The Bertz CT molecular complexity index is 1230. The molecule has 0 aromatic carbocycles. The maximum atomic E-state index is 11.9. The molecule has 0 bridgehead atoms. The summed E-state index contributed by atoms with van der Waals surface area (Å²) in [6.07, 6.45) is 0.258. The van der Waals surface area contributed by atoms with E-state index in [0.29, 0.717) is 0 Å². The van der Waals surface area contributed by atoms with Gasteiger partial charge in [-0.3, -0.25) is 49.8 Å². The molecule has 50 heavy (non-hydrogen) atoms. The van der Waals surface area contributed by atoms with E-state index in [1.54, 1.807) is 14.0 Å². The average molecular weight is 861 g/mol. The van der Waals surface area contributed by atoms with E-state index in [0.717, 1.165) is 0 Å². The average Bonchev–Trinajstić information content (AvgIpc) is 3.00. The number of phosphoric acid groups is 6. The zero-order valence-corrected chi connectivity index (χ0v) is 32.1. The van der Waals surface area contributed by atoms with Crippen molar-refractivity contribution in [3.05, 3.63) is 0 Å². The molecular formula is C18H45NO25P6. The van der Waals surface area contributed by atoms with Crippen LogP contribution < -0.4 is 5.32 Å². The van der Waals surface area contributed by atoms with Crippen molar-refractivity contribution in [2.45, 2.75) is 13.3 Å². The van der Waals surface area contributed by atoms with Crippen LogP contribution in [0, 0.1) is 11.8 Å². The van der Waals surface area contributed by atoms with Crippen molar-refractivity contribution in [3.8, 4) is 0 Å². The van der Waals surface area contributed by atoms with Crippen molar-refractivity contribution in [2.24, 2.45) is 11.8 Å². The van der Waals surface area contributed by atoms with E-state index in [-0.39, 0.29) is 26.2 Å². The number of hydrogen-bond acceptors (Lipinski definition) is 19. The number of hydrogen-bond donors (Lipinski definition) is 9. The van der Waals surface area contributed by atoms with Crippen molar-refractivity contribution in [3.63, 3.8) is 0 Å². The third-order valence-corrected chi connectivity index (χ3v) is 10.6. The molecule has 0 aromatic rings. The lowest BCUT2D eigenvalue weighted by Crippen LogP contribution is -2.25. The first-order valence-corrected chi connectivity index (χ1v) is 23.0. The fourth-order valence-electron chi connectivity index (χ4n) is 2.76. The number of nitrogens with one attached hydrogen (secondary N) is 1. The normalized spacial score (nSPS) is 19.8. The van der Waals surface area contributed by atoms with E-state index in [1.807, 2.05) is 0 Å². The smallest absolute Gasteiger partial charge is 0.396 e. The topological polar surface area (TPSA) is 378 Å². The minimum absolute atomic E-state index is 0.258. The SMILES string of the molecule is CCC(COP(=O)(O)O)COP(=O)(O)OCCOP(=O)(O)OCCOP(=O)(O)OCCOP(=O)(O)OCCOP(=O)(O)OCC(CO)CNC. The van der Waals surface area contributed by atoms with E-state index >= 15 is 0 Å². The molecule has 0 spiro atoms. The first-order chi connectivity index (χ1) is 23.0. The molecule has 9 N–H and O–H groups in total. The molecule has 0 aliphatic heterocycles. The Morgan fingerprint density at radius 2 is 0.720 bits per heavy atom. The molecule has 0 aliphatic carbocycles. The van der Waals surface area contributed by atoms with Crippen molar-refractivity contribution in [1.82, 2.24) is 5.32 Å². The first-order valence-electron chi connectivity index (χ1n) is 14.0. The maximum Gasteiger partial charge on any atom is 0.472 e. The summed E-state index contributed by atoms with van der Waals surface area (Å²) >= 11 is 0. The Hall–Kier alpha value is 0.580. The quantitative estimate of drug-likeness (QED) is 0.0322. The van der Waals surface area contributed by atoms with Crippen molar-refractivity contribution in [1.29, 1.82) is 0 Å². The van der Waals surface area contributed by atoms with Crippen LogP contribution in [0.5, 0.6) is 0 Å². The Labute approximate surface area is 286 Å². The Balaban J connectivity index is 4.23. The first kappa shape index (κ1) is 50.6. The van der Waals surface area contributed by atoms with Crippen LogP contribution in [-0.2, 0) is 77.2 Å². The number of aliphatic hydroxyl groups excluding tert-OH is 1. The summed E-state index contributed by atoms with van der Waals surface area (Å²) < 4.78 is 120. The third-order valence-electron chi connectivity index (χ3n) is 5.12. The molecule has 0 saturated carbocycles. The molecule has 7 unspecified atom stereocenters. The summed E-state index contributed by atoms with van der Waals surface area (Å²) in [6, 6.07) is 0. The standard InChI is InChI=1S/C18H45NO25P6/c1-3-17(14-42-45(21,22)23)15-43-49(30,31)40-10-8-38-47(26,27)36-6-4-34-46(24,25)35-5-7-37-48(28,29)39-9-11-41-50(32,33)44-16-18(13-20)12-19-2/h17-20H,3-16H2,1-2H3,(H,24,25)(H,26,27)(H,28,29)(H,30,31)(H,32,33)(H2,21,22,23). The highest BCUT2D eigenvalue weighted by Gasteiger charge is 2.29.